The molecular weight excluding hydrogens is 184 g/mol. The van der Waals surface area contributed by atoms with Gasteiger partial charge < -0.3 is 5.11 Å². The van der Waals surface area contributed by atoms with Crippen molar-refractivity contribution in [3.05, 3.63) is 47.0 Å². The molecule has 0 fully saturated rings. The molecule has 0 saturated heterocycles. The molecule has 0 radical (unpaired) electrons. The van der Waals surface area contributed by atoms with Gasteiger partial charge >= 0.3 is 0 Å². The van der Waals surface area contributed by atoms with Crippen molar-refractivity contribution in [2.24, 2.45) is 0 Å². The molecule has 0 atom stereocenters. The molecule has 0 saturated carbocycles. The van der Waals surface area contributed by atoms with Crippen molar-refractivity contribution in [2.75, 3.05) is 0 Å². The number of benzene rings is 2. The van der Waals surface area contributed by atoms with Crippen molar-refractivity contribution in [3.8, 4) is 0 Å². The van der Waals surface area contributed by atoms with Gasteiger partial charge in [0.2, 0.25) is 0 Å². The zero-order valence-corrected chi connectivity index (χ0v) is 7.75. The van der Waals surface area contributed by atoms with E-state index in [9.17, 15) is 0 Å². The Morgan fingerprint density at radius 1 is 1.08 bits per heavy atom. The van der Waals surface area contributed by atoms with E-state index in [0.29, 0.717) is 5.02 Å². The summed E-state index contributed by atoms with van der Waals surface area (Å²) in [4.78, 5) is 0. The molecule has 0 amide bonds. The molecule has 0 bridgehead atoms. The molecule has 2 aromatic carbocycles. The number of hydrogen-bond donors (Lipinski definition) is 1. The fourth-order valence-electron chi connectivity index (χ4n) is 1.40. The molecular formula is C11H9ClO. The van der Waals surface area contributed by atoms with E-state index in [1.54, 1.807) is 0 Å². The Kier molecular flexibility index (Phi) is 2.21. The van der Waals surface area contributed by atoms with E-state index in [-0.39, 0.29) is 6.61 Å². The Labute approximate surface area is 81.6 Å². The van der Waals surface area contributed by atoms with E-state index in [0.717, 1.165) is 16.3 Å². The lowest BCUT2D eigenvalue weighted by Gasteiger charge is -2.04. The van der Waals surface area contributed by atoms with Crippen LogP contribution < -0.4 is 0 Å². The zero-order chi connectivity index (χ0) is 9.26. The second-order valence-corrected chi connectivity index (χ2v) is 3.30. The monoisotopic (exact) mass is 192 g/mol. The molecule has 0 heterocycles. The Balaban J connectivity index is 2.79. The second kappa shape index (κ2) is 3.36. The third-order valence-electron chi connectivity index (χ3n) is 2.11. The fourth-order valence-corrected chi connectivity index (χ4v) is 1.70. The van der Waals surface area contributed by atoms with E-state index >= 15 is 0 Å². The normalized spacial score (nSPS) is 10.6. The minimum absolute atomic E-state index is 0.0103. The van der Waals surface area contributed by atoms with Crippen LogP contribution in [0.3, 0.4) is 0 Å². The number of fused-ring (bicyclic) bond motifs is 1. The van der Waals surface area contributed by atoms with Gasteiger partial charge in [-0.2, -0.15) is 0 Å². The van der Waals surface area contributed by atoms with Crippen LogP contribution >= 0.6 is 11.6 Å². The predicted octanol–water partition coefficient (Wildman–Crippen LogP) is 2.99. The summed E-state index contributed by atoms with van der Waals surface area (Å²) in [5, 5.41) is 11.7. The minimum Gasteiger partial charge on any atom is -0.392 e. The van der Waals surface area contributed by atoms with Gasteiger partial charge in [-0.05, 0) is 10.9 Å². The molecule has 1 nitrogen and oxygen atoms in total. The predicted molar refractivity (Wildman–Crippen MR) is 54.9 cm³/mol. The summed E-state index contributed by atoms with van der Waals surface area (Å²) >= 11 is 6.08. The van der Waals surface area contributed by atoms with Crippen molar-refractivity contribution in [2.45, 2.75) is 6.61 Å². The van der Waals surface area contributed by atoms with Crippen molar-refractivity contribution in [3.63, 3.8) is 0 Å². The Morgan fingerprint density at radius 2 is 1.85 bits per heavy atom. The van der Waals surface area contributed by atoms with Crippen LogP contribution in [0.5, 0.6) is 0 Å². The molecule has 0 unspecified atom stereocenters. The molecule has 2 rings (SSSR count). The van der Waals surface area contributed by atoms with E-state index in [2.05, 4.69) is 0 Å². The summed E-state index contributed by atoms with van der Waals surface area (Å²) in [6.45, 7) is -0.0103. The quantitative estimate of drug-likeness (QED) is 0.737. The maximum Gasteiger partial charge on any atom is 0.0696 e. The standard InChI is InChI=1S/C11H9ClO/c12-11-9(7-13)6-5-8-3-1-2-4-10(8)11/h1-6,13H,7H2. The number of halogens is 1. The Morgan fingerprint density at radius 3 is 2.62 bits per heavy atom. The molecule has 0 aliphatic rings. The highest BCUT2D eigenvalue weighted by Gasteiger charge is 2.02. The third-order valence-corrected chi connectivity index (χ3v) is 2.56. The van der Waals surface area contributed by atoms with Gasteiger partial charge in [0.1, 0.15) is 0 Å². The molecule has 66 valence electrons. The van der Waals surface area contributed by atoms with E-state index in [1.165, 1.54) is 0 Å². The molecule has 0 aliphatic carbocycles. The number of aliphatic hydroxyl groups excluding tert-OH is 1. The first kappa shape index (κ1) is 8.54. The lowest BCUT2D eigenvalue weighted by atomic mass is 10.1. The van der Waals surface area contributed by atoms with Crippen LogP contribution in [0.1, 0.15) is 5.56 Å². The molecule has 1 N–H and O–H groups in total. The van der Waals surface area contributed by atoms with Crippen LogP contribution in [0.4, 0.5) is 0 Å². The highest BCUT2D eigenvalue weighted by atomic mass is 35.5. The summed E-state index contributed by atoms with van der Waals surface area (Å²) in [6.07, 6.45) is 0. The number of aliphatic hydroxyl groups is 1. The van der Waals surface area contributed by atoms with Gasteiger partial charge in [0.25, 0.3) is 0 Å². The van der Waals surface area contributed by atoms with E-state index < -0.39 is 0 Å². The first-order valence-corrected chi connectivity index (χ1v) is 4.47. The van der Waals surface area contributed by atoms with Gasteiger partial charge in [-0.25, -0.2) is 0 Å². The zero-order valence-electron chi connectivity index (χ0n) is 7.00. The summed E-state index contributed by atoms with van der Waals surface area (Å²) < 4.78 is 0. The molecule has 13 heavy (non-hydrogen) atoms. The molecule has 0 spiro atoms. The van der Waals surface area contributed by atoms with Crippen LogP contribution in [0, 0.1) is 0 Å². The maximum atomic E-state index is 8.99. The highest BCUT2D eigenvalue weighted by Crippen LogP contribution is 2.26. The van der Waals surface area contributed by atoms with Crippen LogP contribution in [0.25, 0.3) is 10.8 Å². The Hall–Kier alpha value is -1.05. The first-order chi connectivity index (χ1) is 6.33. The lowest BCUT2D eigenvalue weighted by Crippen LogP contribution is -1.85. The lowest BCUT2D eigenvalue weighted by molar-refractivity contribution is 0.282. The van der Waals surface area contributed by atoms with Crippen LogP contribution in [0.2, 0.25) is 5.02 Å². The molecule has 0 aromatic heterocycles. The minimum atomic E-state index is -0.0103. The van der Waals surface area contributed by atoms with Gasteiger partial charge in [-0.15, -0.1) is 0 Å². The number of rotatable bonds is 1. The Bertz CT molecular complexity index is 437. The van der Waals surface area contributed by atoms with Gasteiger partial charge in [0, 0.05) is 5.39 Å². The van der Waals surface area contributed by atoms with Crippen molar-refractivity contribution < 1.29 is 5.11 Å². The average Bonchev–Trinajstić information content (AvgIpc) is 2.19. The summed E-state index contributed by atoms with van der Waals surface area (Å²) in [6, 6.07) is 11.7. The molecule has 0 aliphatic heterocycles. The second-order valence-electron chi connectivity index (χ2n) is 2.92. The van der Waals surface area contributed by atoms with Crippen molar-refractivity contribution in [1.29, 1.82) is 0 Å². The average molecular weight is 193 g/mol. The maximum absolute atomic E-state index is 8.99. The van der Waals surface area contributed by atoms with Crippen molar-refractivity contribution >= 4 is 22.4 Å². The molecule has 2 aromatic rings. The summed E-state index contributed by atoms with van der Waals surface area (Å²) in [7, 11) is 0. The first-order valence-electron chi connectivity index (χ1n) is 4.10. The summed E-state index contributed by atoms with van der Waals surface area (Å²) in [5.41, 5.74) is 0.778. The van der Waals surface area contributed by atoms with E-state index in [1.807, 2.05) is 36.4 Å². The fraction of sp³-hybridized carbons (Fsp3) is 0.0909. The van der Waals surface area contributed by atoms with Gasteiger partial charge in [0.15, 0.2) is 0 Å². The van der Waals surface area contributed by atoms with E-state index in [4.69, 9.17) is 16.7 Å². The number of hydrogen-bond acceptors (Lipinski definition) is 1. The summed E-state index contributed by atoms with van der Waals surface area (Å²) in [5.74, 6) is 0. The largest absolute Gasteiger partial charge is 0.392 e. The van der Waals surface area contributed by atoms with Crippen LogP contribution in [0.15, 0.2) is 36.4 Å². The van der Waals surface area contributed by atoms with Crippen molar-refractivity contribution in [1.82, 2.24) is 0 Å². The van der Waals surface area contributed by atoms with Gasteiger partial charge in [0.05, 0.1) is 11.6 Å². The van der Waals surface area contributed by atoms with Crippen LogP contribution in [-0.4, -0.2) is 5.11 Å². The molecule has 2 heteroatoms. The van der Waals surface area contributed by atoms with Gasteiger partial charge in [-0.1, -0.05) is 48.0 Å². The topological polar surface area (TPSA) is 20.2 Å². The van der Waals surface area contributed by atoms with Gasteiger partial charge in [-0.3, -0.25) is 0 Å². The SMILES string of the molecule is OCc1ccc2ccccc2c1Cl. The smallest absolute Gasteiger partial charge is 0.0696 e. The highest BCUT2D eigenvalue weighted by molar-refractivity contribution is 6.36. The van der Waals surface area contributed by atoms with Crippen LogP contribution in [-0.2, 0) is 6.61 Å². The third kappa shape index (κ3) is 1.41.